The lowest BCUT2D eigenvalue weighted by Gasteiger charge is -2.26. The Bertz CT molecular complexity index is 1040. The van der Waals surface area contributed by atoms with Gasteiger partial charge < -0.3 is 14.6 Å². The Kier molecular flexibility index (Phi) is 6.39. The van der Waals surface area contributed by atoms with Crippen molar-refractivity contribution < 1.29 is 17.9 Å². The van der Waals surface area contributed by atoms with Gasteiger partial charge in [-0.05, 0) is 12.1 Å². The van der Waals surface area contributed by atoms with Crippen molar-refractivity contribution in [2.24, 2.45) is 0 Å². The SMILES string of the molecule is CCN(CC)S(=O)(=O)c1ccc(=O)n(CC(=O)N[C@@H]2CCOc3ccccc32)c1. The molecule has 0 radical (unpaired) electrons. The number of para-hydroxylation sites is 1. The van der Waals surface area contributed by atoms with Crippen LogP contribution in [0.1, 0.15) is 31.9 Å². The molecule has 0 saturated heterocycles. The molecule has 3 rings (SSSR count). The summed E-state index contributed by atoms with van der Waals surface area (Å²) in [6.45, 7) is 4.36. The minimum absolute atomic E-state index is 0.00925. The van der Waals surface area contributed by atoms with E-state index in [1.165, 1.54) is 22.6 Å². The first-order valence-corrected chi connectivity index (χ1v) is 11.0. The standard InChI is InChI=1S/C20H25N3O5S/c1-3-23(4-2)29(26,27)15-9-10-20(25)22(13-15)14-19(24)21-17-11-12-28-18-8-6-5-7-16(17)18/h5-10,13,17H,3-4,11-12,14H2,1-2H3,(H,21,24)/t17-/m1/s1. The van der Waals surface area contributed by atoms with Gasteiger partial charge in [0.15, 0.2) is 0 Å². The number of pyridine rings is 1. The van der Waals surface area contributed by atoms with Gasteiger partial charge in [0.2, 0.25) is 15.9 Å². The Hall–Kier alpha value is -2.65. The number of aromatic nitrogens is 1. The molecule has 1 aliphatic heterocycles. The van der Waals surface area contributed by atoms with Gasteiger partial charge in [-0.2, -0.15) is 4.31 Å². The van der Waals surface area contributed by atoms with Crippen LogP contribution in [0.3, 0.4) is 0 Å². The van der Waals surface area contributed by atoms with Crippen LogP contribution in [-0.2, 0) is 21.4 Å². The second-order valence-electron chi connectivity index (χ2n) is 6.72. The molecular weight excluding hydrogens is 394 g/mol. The fourth-order valence-electron chi connectivity index (χ4n) is 3.38. The molecule has 1 amide bonds. The normalized spacial score (nSPS) is 16.2. The number of nitrogens with one attached hydrogen (secondary N) is 1. The van der Waals surface area contributed by atoms with E-state index in [1.807, 2.05) is 24.3 Å². The molecular formula is C20H25N3O5S. The van der Waals surface area contributed by atoms with Gasteiger partial charge >= 0.3 is 0 Å². The summed E-state index contributed by atoms with van der Waals surface area (Å²) >= 11 is 0. The number of benzene rings is 1. The number of ether oxygens (including phenoxy) is 1. The lowest BCUT2D eigenvalue weighted by molar-refractivity contribution is -0.122. The van der Waals surface area contributed by atoms with Gasteiger partial charge in [-0.1, -0.05) is 32.0 Å². The van der Waals surface area contributed by atoms with Crippen molar-refractivity contribution in [3.63, 3.8) is 0 Å². The molecule has 0 fully saturated rings. The predicted molar refractivity (Wildman–Crippen MR) is 108 cm³/mol. The summed E-state index contributed by atoms with van der Waals surface area (Å²) in [4.78, 5) is 24.8. The number of carbonyl (C=O) groups is 1. The van der Waals surface area contributed by atoms with E-state index >= 15 is 0 Å². The van der Waals surface area contributed by atoms with Crippen LogP contribution in [0.4, 0.5) is 0 Å². The molecule has 2 aromatic rings. The summed E-state index contributed by atoms with van der Waals surface area (Å²) in [6.07, 6.45) is 1.85. The predicted octanol–water partition coefficient (Wildman–Crippen LogP) is 1.52. The molecule has 1 aromatic heterocycles. The van der Waals surface area contributed by atoms with Gasteiger partial charge in [-0.25, -0.2) is 8.42 Å². The second kappa shape index (κ2) is 8.79. The van der Waals surface area contributed by atoms with Gasteiger partial charge in [0, 0.05) is 37.3 Å². The molecule has 0 unspecified atom stereocenters. The number of carbonyl (C=O) groups excluding carboxylic acids is 1. The quantitative estimate of drug-likeness (QED) is 0.734. The molecule has 1 aromatic carbocycles. The second-order valence-corrected chi connectivity index (χ2v) is 8.65. The molecule has 0 spiro atoms. The maximum absolute atomic E-state index is 12.7. The zero-order chi connectivity index (χ0) is 21.0. The Morgan fingerprint density at radius 3 is 2.66 bits per heavy atom. The number of sulfonamides is 1. The van der Waals surface area contributed by atoms with E-state index in [-0.39, 0.29) is 23.4 Å². The molecule has 29 heavy (non-hydrogen) atoms. The van der Waals surface area contributed by atoms with Gasteiger partial charge in [0.1, 0.15) is 12.3 Å². The van der Waals surface area contributed by atoms with Crippen LogP contribution >= 0.6 is 0 Å². The number of rotatable bonds is 7. The molecule has 0 saturated carbocycles. The number of hydrogen-bond acceptors (Lipinski definition) is 5. The molecule has 0 bridgehead atoms. The zero-order valence-corrected chi connectivity index (χ0v) is 17.3. The Morgan fingerprint density at radius 2 is 1.93 bits per heavy atom. The highest BCUT2D eigenvalue weighted by Crippen LogP contribution is 2.31. The number of nitrogens with zero attached hydrogens (tertiary/aromatic N) is 2. The van der Waals surface area contributed by atoms with E-state index in [1.54, 1.807) is 13.8 Å². The van der Waals surface area contributed by atoms with E-state index in [2.05, 4.69) is 5.32 Å². The van der Waals surface area contributed by atoms with Crippen molar-refractivity contribution in [3.05, 3.63) is 58.5 Å². The van der Waals surface area contributed by atoms with Crippen LogP contribution in [0.2, 0.25) is 0 Å². The lowest BCUT2D eigenvalue weighted by atomic mass is 10.0. The van der Waals surface area contributed by atoms with Crippen molar-refractivity contribution >= 4 is 15.9 Å². The minimum Gasteiger partial charge on any atom is -0.493 e. The highest BCUT2D eigenvalue weighted by atomic mass is 32.2. The highest BCUT2D eigenvalue weighted by molar-refractivity contribution is 7.89. The number of hydrogen-bond donors (Lipinski definition) is 1. The fourth-order valence-corrected chi connectivity index (χ4v) is 4.86. The molecule has 2 heterocycles. The average molecular weight is 420 g/mol. The zero-order valence-electron chi connectivity index (χ0n) is 16.5. The largest absolute Gasteiger partial charge is 0.493 e. The van der Waals surface area contributed by atoms with Crippen LogP contribution in [0.25, 0.3) is 0 Å². The van der Waals surface area contributed by atoms with E-state index in [0.717, 1.165) is 15.9 Å². The minimum atomic E-state index is -3.72. The average Bonchev–Trinajstić information content (AvgIpc) is 2.70. The van der Waals surface area contributed by atoms with Gasteiger partial charge in [0.05, 0.1) is 17.5 Å². The summed E-state index contributed by atoms with van der Waals surface area (Å²) in [5.41, 5.74) is 0.448. The third-order valence-corrected chi connectivity index (χ3v) is 6.94. The van der Waals surface area contributed by atoms with Crippen LogP contribution in [0.5, 0.6) is 5.75 Å². The third-order valence-electron chi connectivity index (χ3n) is 4.91. The van der Waals surface area contributed by atoms with Crippen LogP contribution in [-0.4, -0.2) is 42.9 Å². The molecule has 1 aliphatic rings. The fraction of sp³-hybridized carbons (Fsp3) is 0.400. The van der Waals surface area contributed by atoms with E-state index < -0.39 is 15.6 Å². The first-order chi connectivity index (χ1) is 13.9. The van der Waals surface area contributed by atoms with Crippen molar-refractivity contribution in [2.75, 3.05) is 19.7 Å². The lowest BCUT2D eigenvalue weighted by Crippen LogP contribution is -2.37. The van der Waals surface area contributed by atoms with Crippen molar-refractivity contribution in [1.29, 1.82) is 0 Å². The maximum atomic E-state index is 12.7. The van der Waals surface area contributed by atoms with Crippen molar-refractivity contribution in [3.8, 4) is 5.75 Å². The molecule has 1 N–H and O–H groups in total. The van der Waals surface area contributed by atoms with Gasteiger partial charge in [-0.3, -0.25) is 9.59 Å². The molecule has 156 valence electrons. The Balaban J connectivity index is 1.79. The van der Waals surface area contributed by atoms with Gasteiger partial charge in [0.25, 0.3) is 5.56 Å². The van der Waals surface area contributed by atoms with Crippen LogP contribution in [0, 0.1) is 0 Å². The first-order valence-electron chi connectivity index (χ1n) is 9.58. The maximum Gasteiger partial charge on any atom is 0.251 e. The smallest absolute Gasteiger partial charge is 0.251 e. The van der Waals surface area contributed by atoms with E-state index in [0.29, 0.717) is 26.1 Å². The number of fused-ring (bicyclic) bond motifs is 1. The third kappa shape index (κ3) is 4.51. The number of amides is 1. The topological polar surface area (TPSA) is 97.7 Å². The first kappa shape index (κ1) is 21.1. The highest BCUT2D eigenvalue weighted by Gasteiger charge is 2.24. The summed E-state index contributed by atoms with van der Waals surface area (Å²) < 4.78 is 33.4. The Morgan fingerprint density at radius 1 is 1.21 bits per heavy atom. The van der Waals surface area contributed by atoms with Crippen LogP contribution < -0.4 is 15.6 Å². The Labute approximate surface area is 170 Å². The van der Waals surface area contributed by atoms with E-state index in [4.69, 9.17) is 4.74 Å². The molecule has 0 aliphatic carbocycles. The molecule has 8 nitrogen and oxygen atoms in total. The summed E-state index contributed by atoms with van der Waals surface area (Å²) in [6, 6.07) is 9.71. The van der Waals surface area contributed by atoms with Crippen molar-refractivity contribution in [2.45, 2.75) is 37.8 Å². The summed E-state index contributed by atoms with van der Waals surface area (Å²) in [7, 11) is -3.72. The summed E-state index contributed by atoms with van der Waals surface area (Å²) in [5.74, 6) is 0.361. The van der Waals surface area contributed by atoms with Crippen LogP contribution in [0.15, 0.2) is 52.3 Å². The van der Waals surface area contributed by atoms with Gasteiger partial charge in [-0.15, -0.1) is 0 Å². The molecule has 1 atom stereocenters. The molecule has 9 heteroatoms. The van der Waals surface area contributed by atoms with Crippen molar-refractivity contribution in [1.82, 2.24) is 14.2 Å². The van der Waals surface area contributed by atoms with E-state index in [9.17, 15) is 18.0 Å². The summed E-state index contributed by atoms with van der Waals surface area (Å²) in [5, 5.41) is 2.92. The monoisotopic (exact) mass is 419 g/mol.